The number of hydrogen-bond donors (Lipinski definition) is 1. The third kappa shape index (κ3) is 4.16. The maximum atomic E-state index is 12.8. The lowest BCUT2D eigenvalue weighted by Crippen LogP contribution is -2.28. The van der Waals surface area contributed by atoms with Crippen LogP contribution < -0.4 is 5.32 Å². The largest absolute Gasteiger partial charge is 0.345 e. The van der Waals surface area contributed by atoms with Crippen molar-refractivity contribution in [3.63, 3.8) is 0 Å². The maximum absolute atomic E-state index is 12.8. The minimum Gasteiger partial charge on any atom is -0.345 e. The van der Waals surface area contributed by atoms with Crippen molar-refractivity contribution in [2.75, 3.05) is 0 Å². The molecule has 1 aliphatic rings. The Morgan fingerprint density at radius 3 is 2.61 bits per heavy atom. The topological polar surface area (TPSA) is 46.9 Å². The summed E-state index contributed by atoms with van der Waals surface area (Å²) in [6, 6.07) is 14.6. The van der Waals surface area contributed by atoms with Crippen molar-refractivity contribution in [2.45, 2.75) is 51.6 Å². The van der Waals surface area contributed by atoms with E-state index in [4.69, 9.17) is 0 Å². The van der Waals surface area contributed by atoms with Crippen LogP contribution in [0.25, 0.3) is 0 Å². The molecule has 1 amide bonds. The predicted octanol–water partition coefficient (Wildman–Crippen LogP) is 4.69. The minimum atomic E-state index is -0.0150. The molecule has 4 heteroatoms. The van der Waals surface area contributed by atoms with Crippen LogP contribution in [0.4, 0.5) is 0 Å². The standard InChI is InChI=1S/C24H27N3O/c1-2-23(22-12-11-19-5-3-4-6-21(19)15-22)26-24(28)20-9-7-18(8-10-20)16-27-14-13-25-17-27/h7-15,17,23H,2-6,16H2,1H3,(H,26,28). The summed E-state index contributed by atoms with van der Waals surface area (Å²) < 4.78 is 2.01. The van der Waals surface area contributed by atoms with Crippen LogP contribution in [0.3, 0.4) is 0 Å². The van der Waals surface area contributed by atoms with Crippen LogP contribution in [0.5, 0.6) is 0 Å². The third-order valence-corrected chi connectivity index (χ3v) is 5.63. The lowest BCUT2D eigenvalue weighted by atomic mass is 9.88. The molecule has 0 aliphatic heterocycles. The van der Waals surface area contributed by atoms with Crippen LogP contribution in [0.15, 0.2) is 61.2 Å². The number of carbonyl (C=O) groups is 1. The molecule has 144 valence electrons. The van der Waals surface area contributed by atoms with Crippen LogP contribution in [0, 0.1) is 0 Å². The molecule has 0 bridgehead atoms. The molecule has 3 aromatic rings. The zero-order chi connectivity index (χ0) is 19.3. The number of imidazole rings is 1. The van der Waals surface area contributed by atoms with Gasteiger partial charge in [0.1, 0.15) is 0 Å². The quantitative estimate of drug-likeness (QED) is 0.681. The number of benzene rings is 2. The first-order valence-electron chi connectivity index (χ1n) is 10.2. The Bertz CT molecular complexity index is 929. The molecule has 0 saturated carbocycles. The first kappa shape index (κ1) is 18.5. The van der Waals surface area contributed by atoms with E-state index in [9.17, 15) is 4.79 Å². The Kier molecular flexibility index (Phi) is 5.56. The lowest BCUT2D eigenvalue weighted by Gasteiger charge is -2.22. The molecule has 4 nitrogen and oxygen atoms in total. The summed E-state index contributed by atoms with van der Waals surface area (Å²) >= 11 is 0. The van der Waals surface area contributed by atoms with Gasteiger partial charge in [-0.25, -0.2) is 4.98 Å². The summed E-state index contributed by atoms with van der Waals surface area (Å²) in [5.74, 6) is -0.0150. The van der Waals surface area contributed by atoms with Gasteiger partial charge in [-0.2, -0.15) is 0 Å². The Balaban J connectivity index is 1.44. The Morgan fingerprint density at radius 1 is 1.11 bits per heavy atom. The normalized spacial score (nSPS) is 14.3. The highest BCUT2D eigenvalue weighted by molar-refractivity contribution is 5.94. The molecular formula is C24H27N3O. The van der Waals surface area contributed by atoms with Gasteiger partial charge in [0.05, 0.1) is 12.4 Å². The highest BCUT2D eigenvalue weighted by atomic mass is 16.1. The molecule has 28 heavy (non-hydrogen) atoms. The second kappa shape index (κ2) is 8.42. The molecule has 1 aliphatic carbocycles. The molecule has 0 radical (unpaired) electrons. The smallest absolute Gasteiger partial charge is 0.251 e. The average Bonchev–Trinajstić information content (AvgIpc) is 3.25. The van der Waals surface area contributed by atoms with Crippen LogP contribution >= 0.6 is 0 Å². The van der Waals surface area contributed by atoms with E-state index in [0.29, 0.717) is 5.56 Å². The van der Waals surface area contributed by atoms with Crippen LogP contribution in [0.2, 0.25) is 0 Å². The van der Waals surface area contributed by atoms with Crippen molar-refractivity contribution < 1.29 is 4.79 Å². The average molecular weight is 374 g/mol. The van der Waals surface area contributed by atoms with E-state index in [-0.39, 0.29) is 11.9 Å². The zero-order valence-corrected chi connectivity index (χ0v) is 16.4. The van der Waals surface area contributed by atoms with E-state index in [1.165, 1.54) is 36.0 Å². The van der Waals surface area contributed by atoms with Gasteiger partial charge in [0, 0.05) is 24.5 Å². The first-order chi connectivity index (χ1) is 13.7. The van der Waals surface area contributed by atoms with Crippen molar-refractivity contribution in [1.29, 1.82) is 0 Å². The maximum Gasteiger partial charge on any atom is 0.251 e. The Morgan fingerprint density at radius 2 is 1.89 bits per heavy atom. The fourth-order valence-corrected chi connectivity index (χ4v) is 3.99. The fraction of sp³-hybridized carbons (Fsp3) is 0.333. The Labute approximate surface area is 166 Å². The van der Waals surface area contributed by atoms with Gasteiger partial charge in [-0.3, -0.25) is 4.79 Å². The van der Waals surface area contributed by atoms with Gasteiger partial charge >= 0.3 is 0 Å². The first-order valence-corrected chi connectivity index (χ1v) is 10.2. The monoisotopic (exact) mass is 373 g/mol. The number of amides is 1. The number of nitrogens with zero attached hydrogens (tertiary/aromatic N) is 2. The summed E-state index contributed by atoms with van der Waals surface area (Å²) in [5, 5.41) is 3.22. The van der Waals surface area contributed by atoms with Gasteiger partial charge in [0.25, 0.3) is 5.91 Å². The molecule has 2 aromatic carbocycles. The number of nitrogens with one attached hydrogen (secondary N) is 1. The van der Waals surface area contributed by atoms with Crippen molar-refractivity contribution in [2.24, 2.45) is 0 Å². The van der Waals surface area contributed by atoms with E-state index < -0.39 is 0 Å². The molecule has 1 aromatic heterocycles. The van der Waals surface area contributed by atoms with Gasteiger partial charge in [0.2, 0.25) is 0 Å². The van der Waals surface area contributed by atoms with E-state index >= 15 is 0 Å². The Hall–Kier alpha value is -2.88. The van der Waals surface area contributed by atoms with E-state index in [0.717, 1.165) is 24.9 Å². The van der Waals surface area contributed by atoms with Gasteiger partial charge in [0.15, 0.2) is 0 Å². The molecule has 4 rings (SSSR count). The number of fused-ring (bicyclic) bond motifs is 1. The molecule has 1 unspecified atom stereocenters. The molecule has 0 saturated heterocycles. The van der Waals surface area contributed by atoms with Crippen LogP contribution in [0.1, 0.15) is 64.8 Å². The highest BCUT2D eigenvalue weighted by Gasteiger charge is 2.17. The van der Waals surface area contributed by atoms with Crippen molar-refractivity contribution in [1.82, 2.24) is 14.9 Å². The van der Waals surface area contributed by atoms with Crippen molar-refractivity contribution in [3.05, 3.63) is 89.0 Å². The highest BCUT2D eigenvalue weighted by Crippen LogP contribution is 2.26. The second-order valence-electron chi connectivity index (χ2n) is 7.60. The minimum absolute atomic E-state index is 0.0150. The van der Waals surface area contributed by atoms with Gasteiger partial charge in [-0.1, -0.05) is 37.3 Å². The number of rotatable bonds is 6. The molecule has 0 spiro atoms. The van der Waals surface area contributed by atoms with Crippen LogP contribution in [-0.4, -0.2) is 15.5 Å². The van der Waals surface area contributed by atoms with E-state index in [1.807, 2.05) is 35.0 Å². The van der Waals surface area contributed by atoms with E-state index in [1.54, 1.807) is 12.5 Å². The van der Waals surface area contributed by atoms with Gasteiger partial charge < -0.3 is 9.88 Å². The number of carbonyl (C=O) groups excluding carboxylic acids is 1. The molecular weight excluding hydrogens is 346 g/mol. The van der Waals surface area contributed by atoms with Gasteiger partial charge in [-0.15, -0.1) is 0 Å². The number of aryl methyl sites for hydroxylation is 2. The fourth-order valence-electron chi connectivity index (χ4n) is 3.99. The summed E-state index contributed by atoms with van der Waals surface area (Å²) in [5.41, 5.74) is 6.00. The van der Waals surface area contributed by atoms with Crippen molar-refractivity contribution >= 4 is 5.91 Å². The third-order valence-electron chi connectivity index (χ3n) is 5.63. The zero-order valence-electron chi connectivity index (χ0n) is 16.4. The predicted molar refractivity (Wildman–Crippen MR) is 111 cm³/mol. The summed E-state index contributed by atoms with van der Waals surface area (Å²) in [6.45, 7) is 2.88. The number of aromatic nitrogens is 2. The summed E-state index contributed by atoms with van der Waals surface area (Å²) in [6.07, 6.45) is 11.3. The molecule has 0 fully saturated rings. The van der Waals surface area contributed by atoms with E-state index in [2.05, 4.69) is 35.4 Å². The summed E-state index contributed by atoms with van der Waals surface area (Å²) in [4.78, 5) is 16.8. The van der Waals surface area contributed by atoms with Crippen LogP contribution in [-0.2, 0) is 19.4 Å². The van der Waals surface area contributed by atoms with Gasteiger partial charge in [-0.05, 0) is 66.5 Å². The number of hydrogen-bond acceptors (Lipinski definition) is 2. The SMILES string of the molecule is CCC(NC(=O)c1ccc(Cn2ccnc2)cc1)c1ccc2c(c1)CCCC2. The molecule has 1 N–H and O–H groups in total. The summed E-state index contributed by atoms with van der Waals surface area (Å²) in [7, 11) is 0. The lowest BCUT2D eigenvalue weighted by molar-refractivity contribution is 0.0935. The second-order valence-corrected chi connectivity index (χ2v) is 7.60. The van der Waals surface area contributed by atoms with Crippen molar-refractivity contribution in [3.8, 4) is 0 Å². The molecule has 1 atom stereocenters. The molecule has 1 heterocycles.